The maximum atomic E-state index is 9.28. The molecule has 1 aromatic rings. The van der Waals surface area contributed by atoms with Crippen LogP contribution in [0.15, 0.2) is 24.3 Å². The van der Waals surface area contributed by atoms with Crippen molar-refractivity contribution in [1.82, 2.24) is 10.6 Å². The zero-order valence-electron chi connectivity index (χ0n) is 13.1. The van der Waals surface area contributed by atoms with Gasteiger partial charge in [-0.25, -0.2) is 0 Å². The van der Waals surface area contributed by atoms with Gasteiger partial charge in [0.2, 0.25) is 0 Å². The highest BCUT2D eigenvalue weighted by atomic mass is 16.5. The maximum absolute atomic E-state index is 9.28. The fourth-order valence-electron chi connectivity index (χ4n) is 2.88. The Bertz CT molecular complexity index is 402. The molecule has 3 N–H and O–H groups in total. The molecule has 3 unspecified atom stereocenters. The number of aryl methyl sites for hydroxylation is 1. The zero-order valence-corrected chi connectivity index (χ0v) is 13.1. The Kier molecular flexibility index (Phi) is 6.49. The number of rotatable bonds is 7. The minimum Gasteiger partial charge on any atom is -0.508 e. The predicted molar refractivity (Wildman–Crippen MR) is 85.7 cm³/mol. The summed E-state index contributed by atoms with van der Waals surface area (Å²) in [6.45, 7) is 7.11. The third-order valence-electron chi connectivity index (χ3n) is 4.01. The van der Waals surface area contributed by atoms with E-state index in [-0.39, 0.29) is 0 Å². The van der Waals surface area contributed by atoms with Crippen molar-refractivity contribution >= 4 is 0 Å². The molecule has 0 aromatic heterocycles. The molecule has 1 saturated heterocycles. The van der Waals surface area contributed by atoms with Crippen LogP contribution in [0.1, 0.15) is 32.3 Å². The fraction of sp³-hybridized carbons (Fsp3) is 0.647. The molecule has 0 saturated carbocycles. The fourth-order valence-corrected chi connectivity index (χ4v) is 2.88. The summed E-state index contributed by atoms with van der Waals surface area (Å²) < 4.78 is 5.49. The zero-order chi connectivity index (χ0) is 15.1. The SMILES string of the molecule is CC(CCc1ccc(O)cc1)NC(C)CC1COCCN1. The average Bonchev–Trinajstić information content (AvgIpc) is 2.47. The van der Waals surface area contributed by atoms with Gasteiger partial charge in [-0.15, -0.1) is 0 Å². The molecule has 0 radical (unpaired) electrons. The number of nitrogens with one attached hydrogen (secondary N) is 2. The number of morpholine rings is 1. The lowest BCUT2D eigenvalue weighted by molar-refractivity contribution is 0.0708. The Labute approximate surface area is 127 Å². The lowest BCUT2D eigenvalue weighted by Gasteiger charge is -2.28. The molecule has 4 nitrogen and oxygen atoms in total. The van der Waals surface area contributed by atoms with Crippen LogP contribution in [0, 0.1) is 0 Å². The van der Waals surface area contributed by atoms with Crippen LogP contribution in [-0.4, -0.2) is 43.0 Å². The van der Waals surface area contributed by atoms with Gasteiger partial charge in [-0.1, -0.05) is 12.1 Å². The second kappa shape index (κ2) is 8.37. The second-order valence-corrected chi connectivity index (χ2v) is 6.14. The van der Waals surface area contributed by atoms with Gasteiger partial charge in [-0.2, -0.15) is 0 Å². The van der Waals surface area contributed by atoms with Crippen molar-refractivity contribution in [3.8, 4) is 5.75 Å². The summed E-state index contributed by atoms with van der Waals surface area (Å²) in [5.41, 5.74) is 1.27. The molecule has 0 amide bonds. The van der Waals surface area contributed by atoms with Crippen molar-refractivity contribution in [3.05, 3.63) is 29.8 Å². The molecule has 0 aliphatic carbocycles. The van der Waals surface area contributed by atoms with Gasteiger partial charge in [0.25, 0.3) is 0 Å². The van der Waals surface area contributed by atoms with Crippen LogP contribution in [-0.2, 0) is 11.2 Å². The van der Waals surface area contributed by atoms with Crippen molar-refractivity contribution in [3.63, 3.8) is 0 Å². The monoisotopic (exact) mass is 292 g/mol. The van der Waals surface area contributed by atoms with Crippen LogP contribution >= 0.6 is 0 Å². The van der Waals surface area contributed by atoms with Crippen molar-refractivity contribution in [2.45, 2.75) is 51.2 Å². The highest BCUT2D eigenvalue weighted by Gasteiger charge is 2.17. The highest BCUT2D eigenvalue weighted by molar-refractivity contribution is 5.25. The van der Waals surface area contributed by atoms with Gasteiger partial charge in [-0.05, 0) is 50.8 Å². The summed E-state index contributed by atoms with van der Waals surface area (Å²) in [5.74, 6) is 0.334. The largest absolute Gasteiger partial charge is 0.508 e. The average molecular weight is 292 g/mol. The van der Waals surface area contributed by atoms with Crippen LogP contribution in [0.4, 0.5) is 0 Å². The topological polar surface area (TPSA) is 53.5 Å². The first-order chi connectivity index (χ1) is 10.1. The minimum atomic E-state index is 0.334. The number of aromatic hydroxyl groups is 1. The Morgan fingerprint density at radius 1 is 1.29 bits per heavy atom. The predicted octanol–water partition coefficient (Wildman–Crippen LogP) is 2.07. The van der Waals surface area contributed by atoms with E-state index in [1.807, 2.05) is 12.1 Å². The van der Waals surface area contributed by atoms with Gasteiger partial charge in [0.1, 0.15) is 5.75 Å². The van der Waals surface area contributed by atoms with E-state index in [9.17, 15) is 5.11 Å². The Hall–Kier alpha value is -1.10. The molecule has 4 heteroatoms. The molecule has 1 aliphatic heterocycles. The van der Waals surface area contributed by atoms with Crippen LogP contribution in [0.3, 0.4) is 0 Å². The van der Waals surface area contributed by atoms with Gasteiger partial charge in [-0.3, -0.25) is 0 Å². The third-order valence-corrected chi connectivity index (χ3v) is 4.01. The van der Waals surface area contributed by atoms with Gasteiger partial charge in [0.15, 0.2) is 0 Å². The molecule has 1 heterocycles. The summed E-state index contributed by atoms with van der Waals surface area (Å²) in [5, 5.41) is 16.4. The number of phenolic OH excluding ortho intramolecular Hbond substituents is 1. The molecule has 0 spiro atoms. The molecular formula is C17H28N2O2. The van der Waals surface area contributed by atoms with Crippen LogP contribution in [0.5, 0.6) is 5.75 Å². The minimum absolute atomic E-state index is 0.334. The molecular weight excluding hydrogens is 264 g/mol. The third kappa shape index (κ3) is 6.04. The summed E-state index contributed by atoms with van der Waals surface area (Å²) in [6, 6.07) is 8.95. The number of ether oxygens (including phenoxy) is 1. The molecule has 1 aromatic carbocycles. The van der Waals surface area contributed by atoms with Gasteiger partial charge < -0.3 is 20.5 Å². The van der Waals surface area contributed by atoms with E-state index in [2.05, 4.69) is 24.5 Å². The number of benzene rings is 1. The van der Waals surface area contributed by atoms with Crippen molar-refractivity contribution in [2.75, 3.05) is 19.8 Å². The molecule has 21 heavy (non-hydrogen) atoms. The lowest BCUT2D eigenvalue weighted by atomic mass is 10.0. The lowest BCUT2D eigenvalue weighted by Crippen LogP contribution is -2.46. The summed E-state index contributed by atoms with van der Waals surface area (Å²) in [6.07, 6.45) is 3.24. The van der Waals surface area contributed by atoms with Crippen LogP contribution in [0.25, 0.3) is 0 Å². The van der Waals surface area contributed by atoms with Gasteiger partial charge >= 0.3 is 0 Å². The Morgan fingerprint density at radius 2 is 2.05 bits per heavy atom. The first kappa shape index (κ1) is 16.3. The number of phenols is 1. The van der Waals surface area contributed by atoms with E-state index < -0.39 is 0 Å². The van der Waals surface area contributed by atoms with E-state index >= 15 is 0 Å². The summed E-state index contributed by atoms with van der Waals surface area (Å²) in [4.78, 5) is 0. The van der Waals surface area contributed by atoms with Crippen LogP contribution in [0.2, 0.25) is 0 Å². The maximum Gasteiger partial charge on any atom is 0.115 e. The van der Waals surface area contributed by atoms with Crippen LogP contribution < -0.4 is 10.6 Å². The highest BCUT2D eigenvalue weighted by Crippen LogP contribution is 2.12. The standard InChI is InChI=1S/C17H28N2O2/c1-13(3-4-15-5-7-17(20)8-6-15)19-14(2)11-16-12-21-10-9-18-16/h5-8,13-14,16,18-20H,3-4,9-12H2,1-2H3. The van der Waals surface area contributed by atoms with E-state index in [0.717, 1.165) is 39.0 Å². The molecule has 1 aliphatic rings. The van der Waals surface area contributed by atoms with E-state index in [0.29, 0.717) is 23.9 Å². The first-order valence-corrected chi connectivity index (χ1v) is 7.98. The van der Waals surface area contributed by atoms with Gasteiger partial charge in [0, 0.05) is 24.7 Å². The Balaban J connectivity index is 1.65. The van der Waals surface area contributed by atoms with Crippen molar-refractivity contribution in [1.29, 1.82) is 0 Å². The summed E-state index contributed by atoms with van der Waals surface area (Å²) in [7, 11) is 0. The number of hydrogen-bond donors (Lipinski definition) is 3. The second-order valence-electron chi connectivity index (χ2n) is 6.14. The molecule has 0 bridgehead atoms. The summed E-state index contributed by atoms with van der Waals surface area (Å²) >= 11 is 0. The van der Waals surface area contributed by atoms with Gasteiger partial charge in [0.05, 0.1) is 13.2 Å². The van der Waals surface area contributed by atoms with E-state index in [1.54, 1.807) is 12.1 Å². The first-order valence-electron chi connectivity index (χ1n) is 7.98. The molecule has 118 valence electrons. The molecule has 2 rings (SSSR count). The number of hydrogen-bond acceptors (Lipinski definition) is 4. The normalized spacial score (nSPS) is 21.9. The quantitative estimate of drug-likeness (QED) is 0.720. The molecule has 1 fully saturated rings. The smallest absolute Gasteiger partial charge is 0.115 e. The Morgan fingerprint density at radius 3 is 2.71 bits per heavy atom. The molecule has 3 atom stereocenters. The van der Waals surface area contributed by atoms with E-state index in [4.69, 9.17) is 4.74 Å². The van der Waals surface area contributed by atoms with Crippen molar-refractivity contribution < 1.29 is 9.84 Å². The van der Waals surface area contributed by atoms with E-state index in [1.165, 1.54) is 5.56 Å². The van der Waals surface area contributed by atoms with Crippen molar-refractivity contribution in [2.24, 2.45) is 0 Å².